The number of benzene rings is 2. The number of nitrogens with zero attached hydrogens (tertiary/aromatic N) is 2. The summed E-state index contributed by atoms with van der Waals surface area (Å²) in [5.74, 6) is -1.85. The zero-order valence-corrected chi connectivity index (χ0v) is 14.7. The lowest BCUT2D eigenvalue weighted by molar-refractivity contribution is -0.137. The van der Waals surface area contributed by atoms with E-state index in [4.69, 9.17) is 0 Å². The van der Waals surface area contributed by atoms with E-state index in [-0.39, 0.29) is 17.7 Å². The number of imidazole rings is 1. The van der Waals surface area contributed by atoms with Crippen molar-refractivity contribution in [3.05, 3.63) is 83.7 Å². The third kappa shape index (κ3) is 4.98. The van der Waals surface area contributed by atoms with Crippen LogP contribution < -0.4 is 10.9 Å². The molecular formula is C19H14F4N4O2. The van der Waals surface area contributed by atoms with Crippen LogP contribution in [-0.2, 0) is 17.4 Å². The molecule has 6 nitrogen and oxygen atoms in total. The van der Waals surface area contributed by atoms with Crippen LogP contribution in [0.3, 0.4) is 0 Å². The molecule has 2 aromatic carbocycles. The van der Waals surface area contributed by atoms with Gasteiger partial charge in [0.1, 0.15) is 11.5 Å². The van der Waals surface area contributed by atoms with Gasteiger partial charge in [-0.15, -0.1) is 0 Å². The van der Waals surface area contributed by atoms with E-state index >= 15 is 0 Å². The first kappa shape index (κ1) is 20.1. The highest BCUT2D eigenvalue weighted by molar-refractivity contribution is 5.94. The Morgan fingerprint density at radius 1 is 1.03 bits per heavy atom. The van der Waals surface area contributed by atoms with Gasteiger partial charge in [0.05, 0.1) is 24.5 Å². The van der Waals surface area contributed by atoms with E-state index in [0.717, 1.165) is 12.1 Å². The van der Waals surface area contributed by atoms with Gasteiger partial charge in [0.25, 0.3) is 5.91 Å². The Morgan fingerprint density at radius 3 is 2.45 bits per heavy atom. The smallest absolute Gasteiger partial charge is 0.295 e. The Kier molecular flexibility index (Phi) is 5.62. The molecular weight excluding hydrogens is 392 g/mol. The van der Waals surface area contributed by atoms with Gasteiger partial charge >= 0.3 is 6.18 Å². The molecule has 1 heterocycles. The zero-order valence-electron chi connectivity index (χ0n) is 14.7. The number of rotatable bonds is 4. The second-order valence-electron chi connectivity index (χ2n) is 6.00. The molecule has 2 N–H and O–H groups in total. The molecule has 29 heavy (non-hydrogen) atoms. The van der Waals surface area contributed by atoms with Gasteiger partial charge in [0, 0.05) is 5.69 Å². The summed E-state index contributed by atoms with van der Waals surface area (Å²) in [6, 6.07) is 9.66. The maximum Gasteiger partial charge on any atom is 0.416 e. The largest absolute Gasteiger partial charge is 0.416 e. The Morgan fingerprint density at radius 2 is 1.76 bits per heavy atom. The molecule has 0 atom stereocenters. The highest BCUT2D eigenvalue weighted by atomic mass is 19.4. The lowest BCUT2D eigenvalue weighted by Crippen LogP contribution is -2.43. The molecule has 0 radical (unpaired) electrons. The maximum atomic E-state index is 13.1. The van der Waals surface area contributed by atoms with Crippen molar-refractivity contribution in [3.8, 4) is 5.69 Å². The number of carbonyl (C=O) groups excluding carboxylic acids is 2. The molecule has 0 unspecified atom stereocenters. The minimum atomic E-state index is -4.51. The van der Waals surface area contributed by atoms with Crippen LogP contribution in [0.2, 0.25) is 0 Å². The monoisotopic (exact) mass is 406 g/mol. The molecule has 1 aromatic heterocycles. The Labute approximate surface area is 162 Å². The average molecular weight is 406 g/mol. The molecule has 3 aromatic rings. The van der Waals surface area contributed by atoms with Crippen LogP contribution in [0, 0.1) is 5.82 Å². The predicted molar refractivity (Wildman–Crippen MR) is 94.3 cm³/mol. The van der Waals surface area contributed by atoms with Crippen LogP contribution in [0.15, 0.2) is 61.1 Å². The molecule has 3 rings (SSSR count). The van der Waals surface area contributed by atoms with Crippen LogP contribution >= 0.6 is 0 Å². The van der Waals surface area contributed by atoms with Gasteiger partial charge in [-0.1, -0.05) is 18.2 Å². The molecule has 0 fully saturated rings. The number of amides is 2. The molecule has 10 heteroatoms. The van der Waals surface area contributed by atoms with Crippen LogP contribution in [0.4, 0.5) is 17.6 Å². The van der Waals surface area contributed by atoms with E-state index in [9.17, 15) is 27.2 Å². The Balaban J connectivity index is 1.62. The molecule has 0 bridgehead atoms. The molecule has 0 saturated carbocycles. The number of carbonyl (C=O) groups is 2. The van der Waals surface area contributed by atoms with E-state index in [1.54, 1.807) is 0 Å². The molecule has 0 aliphatic carbocycles. The number of hydrazine groups is 1. The van der Waals surface area contributed by atoms with E-state index in [0.29, 0.717) is 5.69 Å². The standard InChI is InChI=1S/C19H14F4N4O2/c20-14-4-6-15(7-5-14)27-11-24-10-16(27)18(29)26-25-17(28)9-12-2-1-3-13(8-12)19(21,22)23/h1-8,10-11H,9H2,(H,25,28)(H,26,29). The fourth-order valence-electron chi connectivity index (χ4n) is 2.55. The first-order chi connectivity index (χ1) is 13.7. The maximum absolute atomic E-state index is 13.1. The molecule has 150 valence electrons. The minimum Gasteiger partial charge on any atom is -0.295 e. The fraction of sp³-hybridized carbons (Fsp3) is 0.105. The highest BCUT2D eigenvalue weighted by Crippen LogP contribution is 2.29. The average Bonchev–Trinajstić information content (AvgIpc) is 3.16. The highest BCUT2D eigenvalue weighted by Gasteiger charge is 2.30. The second kappa shape index (κ2) is 8.13. The summed E-state index contributed by atoms with van der Waals surface area (Å²) in [5, 5.41) is 0. The molecule has 0 aliphatic rings. The molecule has 0 aliphatic heterocycles. The summed E-state index contributed by atoms with van der Waals surface area (Å²) in [5.41, 5.74) is 4.14. The van der Waals surface area contributed by atoms with Gasteiger partial charge in [-0.25, -0.2) is 9.37 Å². The van der Waals surface area contributed by atoms with Crippen molar-refractivity contribution < 1.29 is 27.2 Å². The quantitative estimate of drug-likeness (QED) is 0.517. The van der Waals surface area contributed by atoms with Crippen molar-refractivity contribution in [2.75, 3.05) is 0 Å². The van der Waals surface area contributed by atoms with Crippen LogP contribution in [0.5, 0.6) is 0 Å². The van der Waals surface area contributed by atoms with Crippen LogP contribution in [0.25, 0.3) is 5.69 Å². The van der Waals surface area contributed by atoms with Crippen molar-refractivity contribution in [1.82, 2.24) is 20.4 Å². The minimum absolute atomic E-state index is 0.0657. The van der Waals surface area contributed by atoms with Crippen molar-refractivity contribution in [2.24, 2.45) is 0 Å². The Hall–Kier alpha value is -3.69. The van der Waals surface area contributed by atoms with Crippen molar-refractivity contribution in [2.45, 2.75) is 12.6 Å². The first-order valence-electron chi connectivity index (χ1n) is 8.27. The van der Waals surface area contributed by atoms with Gasteiger partial charge in [-0.3, -0.25) is 25.0 Å². The van der Waals surface area contributed by atoms with E-state index in [1.165, 1.54) is 53.5 Å². The number of hydrogen-bond donors (Lipinski definition) is 2. The van der Waals surface area contributed by atoms with E-state index < -0.39 is 29.4 Å². The SMILES string of the molecule is O=C(Cc1cccc(C(F)(F)F)c1)NNC(=O)c1cncn1-c1ccc(F)cc1. The first-order valence-corrected chi connectivity index (χ1v) is 8.27. The summed E-state index contributed by atoms with van der Waals surface area (Å²) in [6.07, 6.45) is -2.29. The number of hydrogen-bond acceptors (Lipinski definition) is 3. The van der Waals surface area contributed by atoms with Crippen molar-refractivity contribution in [1.29, 1.82) is 0 Å². The Bertz CT molecular complexity index is 1030. The summed E-state index contributed by atoms with van der Waals surface area (Å²) < 4.78 is 52.6. The van der Waals surface area contributed by atoms with Crippen molar-refractivity contribution >= 4 is 11.8 Å². The lowest BCUT2D eigenvalue weighted by Gasteiger charge is -2.11. The fourth-order valence-corrected chi connectivity index (χ4v) is 2.55. The third-order valence-electron chi connectivity index (χ3n) is 3.91. The topological polar surface area (TPSA) is 76.0 Å². The number of alkyl halides is 3. The van der Waals surface area contributed by atoms with Crippen LogP contribution in [-0.4, -0.2) is 21.4 Å². The second-order valence-corrected chi connectivity index (χ2v) is 6.00. The van der Waals surface area contributed by atoms with Gasteiger partial charge < -0.3 is 0 Å². The van der Waals surface area contributed by atoms with Gasteiger partial charge in [-0.2, -0.15) is 13.2 Å². The number of aromatic nitrogens is 2. The summed E-state index contributed by atoms with van der Waals surface area (Å²) in [7, 11) is 0. The van der Waals surface area contributed by atoms with Gasteiger partial charge in [0.2, 0.25) is 5.91 Å². The van der Waals surface area contributed by atoms with Crippen molar-refractivity contribution in [3.63, 3.8) is 0 Å². The van der Waals surface area contributed by atoms with Crippen LogP contribution in [0.1, 0.15) is 21.6 Å². The lowest BCUT2D eigenvalue weighted by atomic mass is 10.1. The molecule has 0 saturated heterocycles. The third-order valence-corrected chi connectivity index (χ3v) is 3.91. The van der Waals surface area contributed by atoms with Gasteiger partial charge in [0.15, 0.2) is 0 Å². The zero-order chi connectivity index (χ0) is 21.0. The van der Waals surface area contributed by atoms with E-state index in [2.05, 4.69) is 15.8 Å². The molecule has 0 spiro atoms. The normalized spacial score (nSPS) is 11.2. The predicted octanol–water partition coefficient (Wildman–Crippen LogP) is 3.03. The molecule has 2 amide bonds. The van der Waals surface area contributed by atoms with E-state index in [1.807, 2.05) is 0 Å². The summed E-state index contributed by atoms with van der Waals surface area (Å²) >= 11 is 0. The number of halogens is 4. The summed E-state index contributed by atoms with van der Waals surface area (Å²) in [4.78, 5) is 28.1. The summed E-state index contributed by atoms with van der Waals surface area (Å²) in [6.45, 7) is 0. The number of nitrogens with one attached hydrogen (secondary N) is 2. The van der Waals surface area contributed by atoms with Gasteiger partial charge in [-0.05, 0) is 35.9 Å².